The molecule has 5 rings (SSSR count). The van der Waals surface area contributed by atoms with Crippen molar-refractivity contribution in [1.82, 2.24) is 20.1 Å². The van der Waals surface area contributed by atoms with Gasteiger partial charge in [0.15, 0.2) is 9.84 Å². The minimum absolute atomic E-state index is 0.0455. The van der Waals surface area contributed by atoms with Gasteiger partial charge in [-0.2, -0.15) is 0 Å². The van der Waals surface area contributed by atoms with Crippen LogP contribution in [0, 0.1) is 0 Å². The van der Waals surface area contributed by atoms with Crippen molar-refractivity contribution < 1.29 is 17.6 Å². The highest BCUT2D eigenvalue weighted by atomic mass is 32.2. The van der Waals surface area contributed by atoms with Crippen molar-refractivity contribution in [3.63, 3.8) is 0 Å². The summed E-state index contributed by atoms with van der Waals surface area (Å²) in [5.74, 6) is 0.756. The van der Waals surface area contributed by atoms with Gasteiger partial charge in [0.25, 0.3) is 11.1 Å². The van der Waals surface area contributed by atoms with E-state index in [0.29, 0.717) is 17.5 Å². The first-order valence-electron chi connectivity index (χ1n) is 11.0. The van der Waals surface area contributed by atoms with Crippen LogP contribution in [0.1, 0.15) is 38.5 Å². The van der Waals surface area contributed by atoms with E-state index in [0.717, 1.165) is 42.1 Å². The number of hydrogen-bond acceptors (Lipinski definition) is 7. The highest BCUT2D eigenvalue weighted by Crippen LogP contribution is 2.32. The average molecular weight is 475 g/mol. The molecule has 1 aliphatic heterocycles. The van der Waals surface area contributed by atoms with Crippen molar-refractivity contribution in [2.45, 2.75) is 55.8 Å². The Morgan fingerprint density at radius 2 is 1.94 bits per heavy atom. The normalized spacial score (nSPS) is 21.2. The van der Waals surface area contributed by atoms with Gasteiger partial charge >= 0.3 is 0 Å². The fourth-order valence-corrected chi connectivity index (χ4v) is 7.23. The van der Waals surface area contributed by atoms with E-state index >= 15 is 0 Å². The number of amides is 1. The maximum atomic E-state index is 13.2. The summed E-state index contributed by atoms with van der Waals surface area (Å²) in [6.45, 7) is 0. The molecule has 3 aromatic rings. The van der Waals surface area contributed by atoms with Crippen molar-refractivity contribution in [2.24, 2.45) is 0 Å². The summed E-state index contributed by atoms with van der Waals surface area (Å²) in [6.07, 6.45) is 7.59. The number of sulfone groups is 1. The number of nitrogens with one attached hydrogen (secondary N) is 1. The van der Waals surface area contributed by atoms with Crippen LogP contribution >= 0.6 is 11.8 Å². The number of para-hydroxylation sites is 1. The number of carbonyl (C=O) groups is 1. The van der Waals surface area contributed by atoms with Gasteiger partial charge in [0.1, 0.15) is 0 Å². The summed E-state index contributed by atoms with van der Waals surface area (Å²) in [7, 11) is -3.06. The Kier molecular flexibility index (Phi) is 5.98. The predicted molar refractivity (Wildman–Crippen MR) is 123 cm³/mol. The third kappa shape index (κ3) is 4.43. The minimum atomic E-state index is -3.06. The van der Waals surface area contributed by atoms with E-state index in [9.17, 15) is 13.2 Å². The monoisotopic (exact) mass is 474 g/mol. The lowest BCUT2D eigenvalue weighted by molar-refractivity contribution is -0.133. The topological polar surface area (TPSA) is 109 Å². The van der Waals surface area contributed by atoms with Crippen LogP contribution in [-0.2, 0) is 14.6 Å². The third-order valence-corrected chi connectivity index (χ3v) is 8.96. The molecule has 32 heavy (non-hydrogen) atoms. The van der Waals surface area contributed by atoms with Gasteiger partial charge in [-0.05, 0) is 25.3 Å². The van der Waals surface area contributed by atoms with Gasteiger partial charge in [-0.25, -0.2) is 8.42 Å². The molecule has 10 heteroatoms. The van der Waals surface area contributed by atoms with E-state index in [1.807, 2.05) is 35.4 Å². The third-order valence-electron chi connectivity index (χ3n) is 6.40. The van der Waals surface area contributed by atoms with Gasteiger partial charge in [0.2, 0.25) is 5.91 Å². The highest BCUT2D eigenvalue weighted by Gasteiger charge is 2.38. The number of benzene rings is 1. The molecule has 2 aliphatic rings. The summed E-state index contributed by atoms with van der Waals surface area (Å²) in [5.41, 5.74) is 1.81. The minimum Gasteiger partial charge on any atom is -0.411 e. The molecule has 1 saturated heterocycles. The van der Waals surface area contributed by atoms with Gasteiger partial charge in [0, 0.05) is 29.2 Å². The highest BCUT2D eigenvalue weighted by molar-refractivity contribution is 7.99. The zero-order chi connectivity index (χ0) is 22.1. The van der Waals surface area contributed by atoms with E-state index in [2.05, 4.69) is 15.2 Å². The molecule has 0 radical (unpaired) electrons. The molecule has 3 heterocycles. The van der Waals surface area contributed by atoms with Crippen LogP contribution in [0.25, 0.3) is 22.4 Å². The first-order valence-corrected chi connectivity index (χ1v) is 13.9. The second-order valence-electron chi connectivity index (χ2n) is 8.56. The van der Waals surface area contributed by atoms with Gasteiger partial charge in [-0.1, -0.05) is 49.2 Å². The Morgan fingerprint density at radius 1 is 1.12 bits per heavy atom. The summed E-state index contributed by atoms with van der Waals surface area (Å²) in [4.78, 5) is 18.3. The van der Waals surface area contributed by atoms with E-state index in [1.165, 1.54) is 18.2 Å². The molecule has 1 aromatic carbocycles. The SMILES string of the molecule is O=C(CSc1nnc(-c2c[nH]c3ccccc23)o1)N(C1CCCCC1)C1CCS(=O)(=O)C1. The molecule has 2 aromatic heterocycles. The second-order valence-corrected chi connectivity index (χ2v) is 11.7. The van der Waals surface area contributed by atoms with Gasteiger partial charge in [-0.3, -0.25) is 4.79 Å². The number of fused-ring (bicyclic) bond motifs is 1. The molecular formula is C22H26N4O4S2. The summed E-state index contributed by atoms with van der Waals surface area (Å²) in [6, 6.07) is 7.77. The lowest BCUT2D eigenvalue weighted by Crippen LogP contribution is -2.49. The van der Waals surface area contributed by atoms with Crippen molar-refractivity contribution in [2.75, 3.05) is 17.3 Å². The second kappa shape index (κ2) is 8.90. The maximum Gasteiger partial charge on any atom is 0.277 e. The number of carbonyl (C=O) groups excluding carboxylic acids is 1. The first kappa shape index (κ1) is 21.5. The number of nitrogens with zero attached hydrogens (tertiary/aromatic N) is 3. The fourth-order valence-electron chi connectivity index (χ4n) is 4.88. The van der Waals surface area contributed by atoms with Crippen molar-refractivity contribution >= 4 is 38.4 Å². The summed E-state index contributed by atoms with van der Waals surface area (Å²) in [5, 5.41) is 9.59. The Bertz CT molecular complexity index is 1210. The number of aromatic amines is 1. The summed E-state index contributed by atoms with van der Waals surface area (Å²) >= 11 is 1.21. The molecular weight excluding hydrogens is 448 g/mol. The molecule has 0 bridgehead atoms. The van der Waals surface area contributed by atoms with Gasteiger partial charge in [-0.15, -0.1) is 10.2 Å². The molecule has 1 N–H and O–H groups in total. The van der Waals surface area contributed by atoms with Crippen LogP contribution in [0.4, 0.5) is 0 Å². The standard InChI is InChI=1S/C22H26N4O4S2/c27-20(26(15-6-2-1-3-7-15)16-10-11-32(28,29)14-16)13-31-22-25-24-21(30-22)18-12-23-19-9-5-4-8-17(18)19/h4-5,8-9,12,15-16,23H,1-3,6-7,10-11,13-14H2. The zero-order valence-corrected chi connectivity index (χ0v) is 19.3. The van der Waals surface area contributed by atoms with E-state index in [-0.39, 0.29) is 35.2 Å². The molecule has 1 unspecified atom stereocenters. The lowest BCUT2D eigenvalue weighted by atomic mass is 9.93. The number of hydrogen-bond donors (Lipinski definition) is 1. The number of thioether (sulfide) groups is 1. The Morgan fingerprint density at radius 3 is 2.72 bits per heavy atom. The predicted octanol–water partition coefficient (Wildman–Crippen LogP) is 3.66. The maximum absolute atomic E-state index is 13.2. The first-order chi connectivity index (χ1) is 15.5. The number of H-pyrrole nitrogens is 1. The molecule has 0 spiro atoms. The van der Waals surface area contributed by atoms with Crippen LogP contribution < -0.4 is 0 Å². The molecule has 1 aliphatic carbocycles. The van der Waals surface area contributed by atoms with Crippen LogP contribution in [0.3, 0.4) is 0 Å². The molecule has 1 saturated carbocycles. The van der Waals surface area contributed by atoms with Crippen LogP contribution in [0.2, 0.25) is 0 Å². The smallest absolute Gasteiger partial charge is 0.277 e. The van der Waals surface area contributed by atoms with Crippen molar-refractivity contribution in [1.29, 1.82) is 0 Å². The van der Waals surface area contributed by atoms with Crippen LogP contribution in [0.5, 0.6) is 0 Å². The van der Waals surface area contributed by atoms with Crippen LogP contribution in [-0.4, -0.2) is 63.7 Å². The Hall–Kier alpha value is -2.33. The Labute approximate surface area is 191 Å². The largest absolute Gasteiger partial charge is 0.411 e. The van der Waals surface area contributed by atoms with E-state index in [4.69, 9.17) is 4.42 Å². The molecule has 2 fully saturated rings. The summed E-state index contributed by atoms with van der Waals surface area (Å²) < 4.78 is 29.9. The zero-order valence-electron chi connectivity index (χ0n) is 17.7. The number of aromatic nitrogens is 3. The quantitative estimate of drug-likeness (QED) is 0.543. The fraction of sp³-hybridized carbons (Fsp3) is 0.500. The van der Waals surface area contributed by atoms with E-state index < -0.39 is 9.84 Å². The van der Waals surface area contributed by atoms with Crippen molar-refractivity contribution in [3.8, 4) is 11.5 Å². The van der Waals surface area contributed by atoms with Crippen LogP contribution in [0.15, 0.2) is 40.1 Å². The van der Waals surface area contributed by atoms with Gasteiger partial charge < -0.3 is 14.3 Å². The lowest BCUT2D eigenvalue weighted by Gasteiger charge is -2.38. The Balaban J connectivity index is 1.29. The molecule has 1 atom stereocenters. The molecule has 8 nitrogen and oxygen atoms in total. The molecule has 1 amide bonds. The number of rotatable bonds is 6. The van der Waals surface area contributed by atoms with E-state index in [1.54, 1.807) is 0 Å². The van der Waals surface area contributed by atoms with Gasteiger partial charge in [0.05, 0.1) is 22.8 Å². The molecule has 170 valence electrons. The average Bonchev–Trinajstić information content (AvgIpc) is 3.51. The van der Waals surface area contributed by atoms with Crippen molar-refractivity contribution in [3.05, 3.63) is 30.5 Å².